The zero-order valence-electron chi connectivity index (χ0n) is 8.80. The number of hydrogen-bond acceptors (Lipinski definition) is 2. The van der Waals surface area contributed by atoms with Crippen LogP contribution in [0.5, 0.6) is 5.75 Å². The monoisotopic (exact) mass is 228 g/mol. The predicted octanol–water partition coefficient (Wildman–Crippen LogP) is 3.91. The highest BCUT2D eigenvalue weighted by Gasteiger charge is 2.20. The van der Waals surface area contributed by atoms with Gasteiger partial charge in [-0.15, -0.1) is 11.8 Å². The van der Waals surface area contributed by atoms with Gasteiger partial charge in [0.05, 0.1) is 0 Å². The molecule has 1 aliphatic rings. The quantitative estimate of drug-likeness (QED) is 0.731. The largest absolute Gasteiger partial charge is 0.484 e. The van der Waals surface area contributed by atoms with Crippen molar-refractivity contribution in [2.24, 2.45) is 0 Å². The van der Waals surface area contributed by atoms with Crippen molar-refractivity contribution in [1.29, 1.82) is 0 Å². The third-order valence-electron chi connectivity index (χ3n) is 2.68. The summed E-state index contributed by atoms with van der Waals surface area (Å²) in [6.45, 7) is 0. The minimum Gasteiger partial charge on any atom is -0.484 e. The molecular formula is C14H12OS. The fourth-order valence-corrected chi connectivity index (χ4v) is 2.88. The van der Waals surface area contributed by atoms with Crippen LogP contribution in [-0.4, -0.2) is 5.75 Å². The Morgan fingerprint density at radius 2 is 1.69 bits per heavy atom. The van der Waals surface area contributed by atoms with Crippen LogP contribution in [0.15, 0.2) is 59.5 Å². The van der Waals surface area contributed by atoms with Crippen LogP contribution >= 0.6 is 11.8 Å². The summed E-state index contributed by atoms with van der Waals surface area (Å²) in [5, 5.41) is 0. The first-order valence-electron chi connectivity index (χ1n) is 5.37. The summed E-state index contributed by atoms with van der Waals surface area (Å²) in [4.78, 5) is 1.25. The van der Waals surface area contributed by atoms with Crippen molar-refractivity contribution in [2.75, 3.05) is 5.75 Å². The highest BCUT2D eigenvalue weighted by atomic mass is 32.2. The van der Waals surface area contributed by atoms with Gasteiger partial charge < -0.3 is 4.74 Å². The molecule has 2 aromatic carbocycles. The van der Waals surface area contributed by atoms with E-state index in [1.165, 1.54) is 10.5 Å². The molecule has 16 heavy (non-hydrogen) atoms. The molecule has 1 aliphatic heterocycles. The lowest BCUT2D eigenvalue weighted by Gasteiger charge is -2.25. The number of para-hydroxylation sites is 1. The van der Waals surface area contributed by atoms with Crippen molar-refractivity contribution >= 4 is 11.8 Å². The maximum absolute atomic E-state index is 6.00. The second-order valence-electron chi connectivity index (χ2n) is 3.77. The minimum absolute atomic E-state index is 0.182. The van der Waals surface area contributed by atoms with Crippen molar-refractivity contribution in [2.45, 2.75) is 11.0 Å². The van der Waals surface area contributed by atoms with Crippen molar-refractivity contribution in [3.63, 3.8) is 0 Å². The van der Waals surface area contributed by atoms with E-state index in [2.05, 4.69) is 36.4 Å². The minimum atomic E-state index is 0.182. The van der Waals surface area contributed by atoms with Gasteiger partial charge in [-0.3, -0.25) is 0 Å². The average molecular weight is 228 g/mol. The summed E-state index contributed by atoms with van der Waals surface area (Å²) in [6.07, 6.45) is 0.182. The highest BCUT2D eigenvalue weighted by molar-refractivity contribution is 7.99. The van der Waals surface area contributed by atoms with Gasteiger partial charge in [-0.1, -0.05) is 42.5 Å². The molecule has 2 aromatic rings. The van der Waals surface area contributed by atoms with E-state index in [0.29, 0.717) is 0 Å². The van der Waals surface area contributed by atoms with Gasteiger partial charge in [0.25, 0.3) is 0 Å². The summed E-state index contributed by atoms with van der Waals surface area (Å²) in [5.74, 6) is 1.99. The molecule has 1 heterocycles. The standard InChI is InChI=1S/C14H12OS/c1-2-6-11(7-3-1)13-10-16-14-9-5-4-8-12(14)15-13/h1-9,13H,10H2. The third kappa shape index (κ3) is 1.81. The first kappa shape index (κ1) is 9.79. The Hall–Kier alpha value is -1.41. The van der Waals surface area contributed by atoms with E-state index in [4.69, 9.17) is 4.74 Å². The Bertz CT molecular complexity index is 481. The normalized spacial score (nSPS) is 18.6. The highest BCUT2D eigenvalue weighted by Crippen LogP contribution is 2.39. The van der Waals surface area contributed by atoms with Crippen LogP contribution in [-0.2, 0) is 0 Å². The first-order valence-corrected chi connectivity index (χ1v) is 6.35. The van der Waals surface area contributed by atoms with Gasteiger partial charge in [-0.05, 0) is 17.7 Å². The van der Waals surface area contributed by atoms with Crippen molar-refractivity contribution in [3.05, 3.63) is 60.2 Å². The van der Waals surface area contributed by atoms with Crippen molar-refractivity contribution in [1.82, 2.24) is 0 Å². The predicted molar refractivity (Wildman–Crippen MR) is 67.0 cm³/mol. The summed E-state index contributed by atoms with van der Waals surface area (Å²) in [5.41, 5.74) is 1.25. The van der Waals surface area contributed by atoms with Crippen LogP contribution < -0.4 is 4.74 Å². The van der Waals surface area contributed by atoms with E-state index < -0.39 is 0 Å². The summed E-state index contributed by atoms with van der Waals surface area (Å²) in [7, 11) is 0. The molecule has 0 aromatic heterocycles. The molecule has 0 bridgehead atoms. The summed E-state index contributed by atoms with van der Waals surface area (Å²) in [6, 6.07) is 18.6. The fraction of sp³-hybridized carbons (Fsp3) is 0.143. The van der Waals surface area contributed by atoms with Gasteiger partial charge in [-0.25, -0.2) is 0 Å². The molecule has 1 atom stereocenters. The van der Waals surface area contributed by atoms with Gasteiger partial charge in [0, 0.05) is 10.6 Å². The Kier molecular flexibility index (Phi) is 2.58. The zero-order valence-corrected chi connectivity index (χ0v) is 9.61. The maximum Gasteiger partial charge on any atom is 0.133 e. The van der Waals surface area contributed by atoms with E-state index in [1.807, 2.05) is 30.0 Å². The van der Waals surface area contributed by atoms with Crippen LogP contribution in [0, 0.1) is 0 Å². The van der Waals surface area contributed by atoms with E-state index in [0.717, 1.165) is 11.5 Å². The number of benzene rings is 2. The molecule has 2 heteroatoms. The lowest BCUT2D eigenvalue weighted by atomic mass is 10.1. The number of fused-ring (bicyclic) bond motifs is 1. The van der Waals surface area contributed by atoms with Crippen LogP contribution in [0.4, 0.5) is 0 Å². The van der Waals surface area contributed by atoms with Gasteiger partial charge in [0.15, 0.2) is 0 Å². The number of rotatable bonds is 1. The first-order chi connectivity index (χ1) is 7.93. The zero-order chi connectivity index (χ0) is 10.8. The second-order valence-corrected chi connectivity index (χ2v) is 4.84. The third-order valence-corrected chi connectivity index (χ3v) is 3.80. The van der Waals surface area contributed by atoms with E-state index >= 15 is 0 Å². The summed E-state index contributed by atoms with van der Waals surface area (Å²) >= 11 is 1.87. The lowest BCUT2D eigenvalue weighted by Crippen LogP contribution is -2.14. The average Bonchev–Trinajstić information content (AvgIpc) is 2.39. The number of ether oxygens (including phenoxy) is 1. The smallest absolute Gasteiger partial charge is 0.133 e. The molecule has 0 radical (unpaired) electrons. The lowest BCUT2D eigenvalue weighted by molar-refractivity contribution is 0.220. The molecule has 1 unspecified atom stereocenters. The molecule has 0 saturated carbocycles. The Balaban J connectivity index is 1.89. The molecule has 0 fully saturated rings. The van der Waals surface area contributed by atoms with Crippen molar-refractivity contribution in [3.8, 4) is 5.75 Å². The molecule has 3 rings (SSSR count). The van der Waals surface area contributed by atoms with Crippen molar-refractivity contribution < 1.29 is 4.74 Å². The fourth-order valence-electron chi connectivity index (χ4n) is 1.85. The van der Waals surface area contributed by atoms with Crippen LogP contribution in [0.1, 0.15) is 11.7 Å². The molecule has 1 nitrogen and oxygen atoms in total. The molecule has 0 spiro atoms. The van der Waals surface area contributed by atoms with E-state index in [9.17, 15) is 0 Å². The Labute approximate surface area is 99.4 Å². The molecular weight excluding hydrogens is 216 g/mol. The molecule has 80 valence electrons. The molecule has 0 saturated heterocycles. The second kappa shape index (κ2) is 4.22. The van der Waals surface area contributed by atoms with Gasteiger partial charge in [-0.2, -0.15) is 0 Å². The summed E-state index contributed by atoms with van der Waals surface area (Å²) < 4.78 is 6.00. The Morgan fingerprint density at radius 3 is 2.56 bits per heavy atom. The topological polar surface area (TPSA) is 9.23 Å². The Morgan fingerprint density at radius 1 is 0.938 bits per heavy atom. The van der Waals surface area contributed by atoms with E-state index in [-0.39, 0.29) is 6.10 Å². The number of thioether (sulfide) groups is 1. The van der Waals surface area contributed by atoms with Crippen LogP contribution in [0.2, 0.25) is 0 Å². The van der Waals surface area contributed by atoms with Crippen LogP contribution in [0.25, 0.3) is 0 Å². The van der Waals surface area contributed by atoms with Crippen LogP contribution in [0.3, 0.4) is 0 Å². The van der Waals surface area contributed by atoms with E-state index in [1.54, 1.807) is 0 Å². The molecule has 0 amide bonds. The van der Waals surface area contributed by atoms with Gasteiger partial charge in [0.2, 0.25) is 0 Å². The SMILES string of the molecule is c1ccc(C2CSc3ccccc3O2)cc1. The van der Waals surface area contributed by atoms with Gasteiger partial charge >= 0.3 is 0 Å². The maximum atomic E-state index is 6.00. The molecule has 0 aliphatic carbocycles. The molecule has 0 N–H and O–H groups in total. The van der Waals surface area contributed by atoms with Gasteiger partial charge in [0.1, 0.15) is 11.9 Å². The number of hydrogen-bond donors (Lipinski definition) is 0.